The largest absolute Gasteiger partial charge is 0.493 e. The molecule has 0 saturated heterocycles. The maximum Gasteiger partial charge on any atom is 0.200 e. The van der Waals surface area contributed by atoms with E-state index in [4.69, 9.17) is 9.47 Å². The number of ketones is 1. The van der Waals surface area contributed by atoms with Crippen LogP contribution in [0.25, 0.3) is 0 Å². The molecule has 0 aliphatic heterocycles. The zero-order chi connectivity index (χ0) is 15.2. The molecule has 2 rings (SSSR count). The van der Waals surface area contributed by atoms with Crippen LogP contribution in [0.3, 0.4) is 0 Å². The molecular weight excluding hydrogens is 264 g/mol. The Balaban J connectivity index is 2.10. The Morgan fingerprint density at radius 3 is 2.52 bits per heavy atom. The lowest BCUT2D eigenvalue weighted by Crippen LogP contribution is -2.13. The van der Waals surface area contributed by atoms with Crippen molar-refractivity contribution in [3.63, 3.8) is 0 Å². The minimum absolute atomic E-state index is 0.00663. The minimum Gasteiger partial charge on any atom is -0.493 e. The van der Waals surface area contributed by atoms with E-state index in [-0.39, 0.29) is 12.4 Å². The highest BCUT2D eigenvalue weighted by atomic mass is 16.5. The van der Waals surface area contributed by atoms with Crippen LogP contribution in [0.2, 0.25) is 0 Å². The second-order valence-electron chi connectivity index (χ2n) is 4.87. The highest BCUT2D eigenvalue weighted by Gasteiger charge is 2.11. The van der Waals surface area contributed by atoms with Gasteiger partial charge >= 0.3 is 0 Å². The summed E-state index contributed by atoms with van der Waals surface area (Å²) in [5.74, 6) is 1.22. The second kappa shape index (κ2) is 6.93. The summed E-state index contributed by atoms with van der Waals surface area (Å²) in [6, 6.07) is 13.3. The summed E-state index contributed by atoms with van der Waals surface area (Å²) in [6.45, 7) is 4.01. The van der Waals surface area contributed by atoms with Gasteiger partial charge in [0.15, 0.2) is 23.9 Å². The van der Waals surface area contributed by atoms with Gasteiger partial charge in [0.1, 0.15) is 0 Å². The van der Waals surface area contributed by atoms with Crippen molar-refractivity contribution < 1.29 is 14.3 Å². The van der Waals surface area contributed by atoms with E-state index >= 15 is 0 Å². The first-order chi connectivity index (χ1) is 10.2. The first-order valence-corrected chi connectivity index (χ1v) is 7.04. The number of benzene rings is 2. The molecule has 0 N–H and O–H groups in total. The smallest absolute Gasteiger partial charge is 0.200 e. The van der Waals surface area contributed by atoms with Gasteiger partial charge in [-0.3, -0.25) is 4.79 Å². The van der Waals surface area contributed by atoms with Gasteiger partial charge in [0, 0.05) is 5.56 Å². The molecule has 2 aromatic carbocycles. The molecule has 0 fully saturated rings. The fourth-order valence-corrected chi connectivity index (χ4v) is 2.16. The molecule has 0 amide bonds. The first kappa shape index (κ1) is 15.1. The van der Waals surface area contributed by atoms with Gasteiger partial charge in [-0.1, -0.05) is 37.3 Å². The van der Waals surface area contributed by atoms with Crippen molar-refractivity contribution in [1.29, 1.82) is 0 Å². The number of hydrogen-bond donors (Lipinski definition) is 0. The predicted molar refractivity (Wildman–Crippen MR) is 83.4 cm³/mol. The van der Waals surface area contributed by atoms with Crippen LogP contribution < -0.4 is 9.47 Å². The number of aryl methyl sites for hydroxylation is 2. The van der Waals surface area contributed by atoms with Gasteiger partial charge in [0.05, 0.1) is 7.11 Å². The molecule has 0 heterocycles. The Hall–Kier alpha value is -2.29. The van der Waals surface area contributed by atoms with E-state index in [1.54, 1.807) is 7.11 Å². The fraction of sp³-hybridized carbons (Fsp3) is 0.278. The lowest BCUT2D eigenvalue weighted by atomic mass is 10.1. The van der Waals surface area contributed by atoms with Crippen molar-refractivity contribution in [3.8, 4) is 11.5 Å². The highest BCUT2D eigenvalue weighted by Crippen LogP contribution is 2.28. The van der Waals surface area contributed by atoms with E-state index < -0.39 is 0 Å². The number of ether oxygens (including phenoxy) is 2. The van der Waals surface area contributed by atoms with Crippen LogP contribution in [0.5, 0.6) is 11.5 Å². The van der Waals surface area contributed by atoms with E-state index in [0.717, 1.165) is 12.0 Å². The van der Waals surface area contributed by atoms with Crippen LogP contribution in [0, 0.1) is 6.92 Å². The summed E-state index contributed by atoms with van der Waals surface area (Å²) in [5.41, 5.74) is 2.82. The van der Waals surface area contributed by atoms with Gasteiger partial charge in [-0.25, -0.2) is 0 Å². The SMILES string of the molecule is CCc1ccc(OCC(=O)c2ccccc2C)c(OC)c1. The summed E-state index contributed by atoms with van der Waals surface area (Å²) < 4.78 is 10.9. The van der Waals surface area contributed by atoms with Crippen LogP contribution in [0.1, 0.15) is 28.4 Å². The Bertz CT molecular complexity index is 632. The van der Waals surface area contributed by atoms with Gasteiger partial charge in [-0.05, 0) is 36.6 Å². The molecule has 2 aromatic rings. The van der Waals surface area contributed by atoms with E-state index in [0.29, 0.717) is 17.1 Å². The lowest BCUT2D eigenvalue weighted by molar-refractivity contribution is 0.0919. The monoisotopic (exact) mass is 284 g/mol. The van der Waals surface area contributed by atoms with E-state index in [1.165, 1.54) is 5.56 Å². The summed E-state index contributed by atoms with van der Waals surface area (Å²) in [4.78, 5) is 12.2. The zero-order valence-corrected chi connectivity index (χ0v) is 12.7. The number of carbonyl (C=O) groups is 1. The molecule has 0 saturated carbocycles. The first-order valence-electron chi connectivity index (χ1n) is 7.04. The predicted octanol–water partition coefficient (Wildman–Crippen LogP) is 3.83. The fourth-order valence-electron chi connectivity index (χ4n) is 2.16. The molecule has 21 heavy (non-hydrogen) atoms. The summed E-state index contributed by atoms with van der Waals surface area (Å²) in [5, 5.41) is 0. The summed E-state index contributed by atoms with van der Waals surface area (Å²) >= 11 is 0. The Morgan fingerprint density at radius 1 is 1.10 bits per heavy atom. The highest BCUT2D eigenvalue weighted by molar-refractivity contribution is 5.98. The molecule has 3 heteroatoms. The topological polar surface area (TPSA) is 35.5 Å². The van der Waals surface area contributed by atoms with Crippen LogP contribution in [-0.2, 0) is 6.42 Å². The Kier molecular flexibility index (Phi) is 4.99. The molecule has 110 valence electrons. The van der Waals surface area contributed by atoms with Crippen molar-refractivity contribution in [1.82, 2.24) is 0 Å². The molecule has 0 aliphatic rings. The van der Waals surface area contributed by atoms with Crippen molar-refractivity contribution in [2.45, 2.75) is 20.3 Å². The molecule has 0 aliphatic carbocycles. The van der Waals surface area contributed by atoms with Crippen molar-refractivity contribution in [2.24, 2.45) is 0 Å². The lowest BCUT2D eigenvalue weighted by Gasteiger charge is -2.12. The third kappa shape index (κ3) is 3.63. The average molecular weight is 284 g/mol. The third-order valence-electron chi connectivity index (χ3n) is 3.44. The number of Topliss-reactive ketones (excluding diaryl/α,β-unsaturated/α-hetero) is 1. The maximum atomic E-state index is 12.2. The van der Waals surface area contributed by atoms with Gasteiger partial charge in [-0.15, -0.1) is 0 Å². The quantitative estimate of drug-likeness (QED) is 0.756. The van der Waals surface area contributed by atoms with Crippen LogP contribution >= 0.6 is 0 Å². The van der Waals surface area contributed by atoms with Crippen molar-refractivity contribution >= 4 is 5.78 Å². The van der Waals surface area contributed by atoms with E-state index in [9.17, 15) is 4.79 Å². The summed E-state index contributed by atoms with van der Waals surface area (Å²) in [7, 11) is 1.60. The minimum atomic E-state index is -0.0327. The second-order valence-corrected chi connectivity index (χ2v) is 4.87. The van der Waals surface area contributed by atoms with Gasteiger partial charge in [0.2, 0.25) is 0 Å². The van der Waals surface area contributed by atoms with Gasteiger partial charge in [0.25, 0.3) is 0 Å². The van der Waals surface area contributed by atoms with Crippen LogP contribution in [0.4, 0.5) is 0 Å². The molecule has 0 radical (unpaired) electrons. The zero-order valence-electron chi connectivity index (χ0n) is 12.7. The van der Waals surface area contributed by atoms with Gasteiger partial charge < -0.3 is 9.47 Å². The van der Waals surface area contributed by atoms with Gasteiger partial charge in [-0.2, -0.15) is 0 Å². The molecule has 0 atom stereocenters. The number of hydrogen-bond acceptors (Lipinski definition) is 3. The normalized spacial score (nSPS) is 10.2. The van der Waals surface area contributed by atoms with Crippen LogP contribution in [-0.4, -0.2) is 19.5 Å². The molecular formula is C18H20O3. The molecule has 0 bridgehead atoms. The van der Waals surface area contributed by atoms with E-state index in [2.05, 4.69) is 6.92 Å². The number of rotatable bonds is 6. The standard InChI is InChI=1S/C18H20O3/c1-4-14-9-10-17(18(11-14)20-3)21-12-16(19)15-8-6-5-7-13(15)2/h5-11H,4,12H2,1-3H3. The number of carbonyl (C=O) groups excluding carboxylic acids is 1. The van der Waals surface area contributed by atoms with E-state index in [1.807, 2.05) is 49.4 Å². The van der Waals surface area contributed by atoms with Crippen molar-refractivity contribution in [3.05, 3.63) is 59.2 Å². The number of methoxy groups -OCH3 is 1. The Morgan fingerprint density at radius 2 is 1.86 bits per heavy atom. The third-order valence-corrected chi connectivity index (χ3v) is 3.44. The molecule has 0 aromatic heterocycles. The van der Waals surface area contributed by atoms with Crippen molar-refractivity contribution in [2.75, 3.05) is 13.7 Å². The average Bonchev–Trinajstić information content (AvgIpc) is 2.52. The molecule has 0 spiro atoms. The Labute approximate surface area is 125 Å². The summed E-state index contributed by atoms with van der Waals surface area (Å²) in [6.07, 6.45) is 0.929. The van der Waals surface area contributed by atoms with Crippen LogP contribution in [0.15, 0.2) is 42.5 Å². The maximum absolute atomic E-state index is 12.2. The molecule has 3 nitrogen and oxygen atoms in total. The molecule has 0 unspecified atom stereocenters.